The smallest absolute Gasteiger partial charge is 0.328 e. The van der Waals surface area contributed by atoms with E-state index in [1.807, 2.05) is 13.8 Å². The molecule has 0 aromatic heterocycles. The van der Waals surface area contributed by atoms with E-state index in [4.69, 9.17) is 18.9 Å². The van der Waals surface area contributed by atoms with Crippen LogP contribution in [0.2, 0.25) is 0 Å². The zero-order valence-corrected chi connectivity index (χ0v) is 20.8. The van der Waals surface area contributed by atoms with Gasteiger partial charge in [0.25, 0.3) is 0 Å². The summed E-state index contributed by atoms with van der Waals surface area (Å²) >= 11 is 0. The predicted octanol–water partition coefficient (Wildman–Crippen LogP) is 1.95. The molecule has 2 heterocycles. The molecule has 0 aliphatic carbocycles. The van der Waals surface area contributed by atoms with E-state index < -0.39 is 41.4 Å². The zero-order chi connectivity index (χ0) is 26.7. The molecule has 2 aromatic rings. The first kappa shape index (κ1) is 25.6. The van der Waals surface area contributed by atoms with E-state index in [0.717, 1.165) is 0 Å². The van der Waals surface area contributed by atoms with Crippen LogP contribution in [0.15, 0.2) is 36.4 Å². The van der Waals surface area contributed by atoms with Gasteiger partial charge in [0.15, 0.2) is 28.4 Å². The van der Waals surface area contributed by atoms with Crippen LogP contribution in [-0.2, 0) is 9.59 Å². The summed E-state index contributed by atoms with van der Waals surface area (Å²) in [6, 6.07) is 5.68. The Bertz CT molecular complexity index is 1160. The Morgan fingerprint density at radius 1 is 0.676 bits per heavy atom. The number of imide groups is 2. The maximum atomic E-state index is 13.6. The summed E-state index contributed by atoms with van der Waals surface area (Å²) in [5.41, 5.74) is -1.24. The second-order valence-electron chi connectivity index (χ2n) is 8.28. The molecule has 2 aliphatic heterocycles. The Balaban J connectivity index is 1.92. The van der Waals surface area contributed by atoms with Gasteiger partial charge in [-0.1, -0.05) is 12.1 Å². The summed E-state index contributed by atoms with van der Waals surface area (Å²) in [5.74, 6) is -0.190. The average Bonchev–Trinajstić information content (AvgIpc) is 2.88. The molecule has 6 amide bonds. The molecule has 1 spiro atoms. The number of ether oxygens (including phenoxy) is 4. The van der Waals surface area contributed by atoms with Crippen LogP contribution in [0.4, 0.5) is 9.59 Å². The number of hydrogen-bond acceptors (Lipinski definition) is 8. The third kappa shape index (κ3) is 4.34. The van der Waals surface area contributed by atoms with Crippen molar-refractivity contribution >= 4 is 23.9 Å². The molecular weight excluding hydrogens is 484 g/mol. The van der Waals surface area contributed by atoms with Crippen LogP contribution in [0.25, 0.3) is 0 Å². The molecule has 0 radical (unpaired) electrons. The van der Waals surface area contributed by atoms with Crippen LogP contribution in [0.3, 0.4) is 0 Å². The number of carbonyl (C=O) groups excluding carboxylic acids is 4. The van der Waals surface area contributed by atoms with E-state index in [-0.39, 0.29) is 0 Å². The van der Waals surface area contributed by atoms with Gasteiger partial charge in [-0.25, -0.2) is 9.59 Å². The molecule has 196 valence electrons. The first-order valence-electron chi connectivity index (χ1n) is 11.6. The normalized spacial score (nSPS) is 20.3. The van der Waals surface area contributed by atoms with E-state index in [1.54, 1.807) is 36.4 Å². The number of amides is 6. The van der Waals surface area contributed by atoms with Crippen LogP contribution in [0.1, 0.15) is 37.1 Å². The molecule has 4 N–H and O–H groups in total. The molecule has 0 unspecified atom stereocenters. The lowest BCUT2D eigenvalue weighted by Crippen LogP contribution is -2.73. The first-order chi connectivity index (χ1) is 17.8. The van der Waals surface area contributed by atoms with Gasteiger partial charge < -0.3 is 29.6 Å². The Hall–Kier alpha value is -4.48. The lowest BCUT2D eigenvalue weighted by atomic mass is 9.65. The maximum Gasteiger partial charge on any atom is 0.328 e. The molecule has 4 rings (SSSR count). The number of nitrogens with one attached hydrogen (secondary N) is 4. The summed E-state index contributed by atoms with van der Waals surface area (Å²) in [6.07, 6.45) is 0. The van der Waals surface area contributed by atoms with Crippen LogP contribution < -0.4 is 40.2 Å². The number of carbonyl (C=O) groups is 4. The van der Waals surface area contributed by atoms with Crippen molar-refractivity contribution < 1.29 is 38.1 Å². The Morgan fingerprint density at radius 3 is 1.49 bits per heavy atom. The molecule has 12 nitrogen and oxygen atoms in total. The van der Waals surface area contributed by atoms with E-state index in [2.05, 4.69) is 21.3 Å². The monoisotopic (exact) mass is 512 g/mol. The molecule has 2 atom stereocenters. The molecular formula is C25H28N4O8. The van der Waals surface area contributed by atoms with Crippen LogP contribution in [0.5, 0.6) is 23.0 Å². The highest BCUT2D eigenvalue weighted by atomic mass is 16.5. The Labute approximate surface area is 213 Å². The van der Waals surface area contributed by atoms with Crippen molar-refractivity contribution in [1.29, 1.82) is 0 Å². The third-order valence-corrected chi connectivity index (χ3v) is 6.31. The standard InChI is InChI=1S/C25H28N4O8/c1-5-36-15-9-7-13(11-17(15)34-3)19-25(21(30)28-24(33)29-22(25)31)20(27-23(32)26-19)14-8-10-16(37-6-2)18(12-14)35-4/h7-12,19-20H,5-6H2,1-4H3,(H2,26,27,32)(H2,28,29,30,31,33)/t19-,20+. The highest BCUT2D eigenvalue weighted by molar-refractivity contribution is 6.21. The number of rotatable bonds is 8. The second kappa shape index (κ2) is 10.2. The van der Waals surface area contributed by atoms with Crippen molar-refractivity contribution in [2.24, 2.45) is 5.41 Å². The fourth-order valence-electron chi connectivity index (χ4n) is 4.74. The van der Waals surface area contributed by atoms with Crippen molar-refractivity contribution in [3.8, 4) is 23.0 Å². The van der Waals surface area contributed by atoms with Gasteiger partial charge in [0.1, 0.15) is 0 Å². The molecule has 12 heteroatoms. The van der Waals surface area contributed by atoms with Crippen LogP contribution in [0, 0.1) is 5.41 Å². The average molecular weight is 513 g/mol. The largest absolute Gasteiger partial charge is 0.493 e. The molecule has 0 saturated carbocycles. The summed E-state index contributed by atoms with van der Waals surface area (Å²) in [6.45, 7) is 4.41. The van der Waals surface area contributed by atoms with Gasteiger partial charge in [-0.15, -0.1) is 0 Å². The quantitative estimate of drug-likeness (QED) is 0.392. The van der Waals surface area contributed by atoms with Gasteiger partial charge in [0.05, 0.1) is 39.5 Å². The van der Waals surface area contributed by atoms with Gasteiger partial charge in [-0.3, -0.25) is 20.2 Å². The van der Waals surface area contributed by atoms with E-state index >= 15 is 0 Å². The second-order valence-corrected chi connectivity index (χ2v) is 8.28. The highest BCUT2D eigenvalue weighted by Gasteiger charge is 2.64. The summed E-state index contributed by atoms with van der Waals surface area (Å²) in [4.78, 5) is 52.2. The summed E-state index contributed by atoms with van der Waals surface area (Å²) < 4.78 is 22.0. The minimum absolute atomic E-state index is 0.342. The number of methoxy groups -OCH3 is 2. The molecule has 2 saturated heterocycles. The highest BCUT2D eigenvalue weighted by Crippen LogP contribution is 2.50. The molecule has 2 aromatic carbocycles. The van der Waals surface area contributed by atoms with E-state index in [9.17, 15) is 19.2 Å². The Morgan fingerprint density at radius 2 is 1.11 bits per heavy atom. The lowest BCUT2D eigenvalue weighted by Gasteiger charge is -2.48. The van der Waals surface area contributed by atoms with Crippen molar-refractivity contribution in [2.45, 2.75) is 25.9 Å². The van der Waals surface area contributed by atoms with Gasteiger partial charge in [-0.05, 0) is 49.2 Å². The van der Waals surface area contributed by atoms with Crippen molar-refractivity contribution in [3.63, 3.8) is 0 Å². The molecule has 2 aliphatic rings. The third-order valence-electron chi connectivity index (χ3n) is 6.31. The van der Waals surface area contributed by atoms with E-state index in [0.29, 0.717) is 47.3 Å². The summed E-state index contributed by atoms with van der Waals surface area (Å²) in [7, 11) is 2.90. The van der Waals surface area contributed by atoms with Crippen molar-refractivity contribution in [1.82, 2.24) is 21.3 Å². The minimum Gasteiger partial charge on any atom is -0.493 e. The van der Waals surface area contributed by atoms with Gasteiger partial charge in [0.2, 0.25) is 11.8 Å². The molecule has 37 heavy (non-hydrogen) atoms. The fourth-order valence-corrected chi connectivity index (χ4v) is 4.74. The van der Waals surface area contributed by atoms with Gasteiger partial charge in [0, 0.05) is 0 Å². The number of urea groups is 2. The number of hydrogen-bond donors (Lipinski definition) is 4. The van der Waals surface area contributed by atoms with Crippen LogP contribution >= 0.6 is 0 Å². The first-order valence-corrected chi connectivity index (χ1v) is 11.6. The van der Waals surface area contributed by atoms with Crippen LogP contribution in [-0.4, -0.2) is 51.3 Å². The fraction of sp³-hybridized carbons (Fsp3) is 0.360. The summed E-state index contributed by atoms with van der Waals surface area (Å²) in [5, 5.41) is 9.78. The number of benzene rings is 2. The van der Waals surface area contributed by atoms with Crippen molar-refractivity contribution in [3.05, 3.63) is 47.5 Å². The lowest BCUT2D eigenvalue weighted by molar-refractivity contribution is -0.150. The topological polar surface area (TPSA) is 153 Å². The maximum absolute atomic E-state index is 13.6. The molecule has 2 fully saturated rings. The van der Waals surface area contributed by atoms with Crippen molar-refractivity contribution in [2.75, 3.05) is 27.4 Å². The SMILES string of the molecule is CCOc1ccc([C@H]2NC(=O)N[C@@H](c3ccc(OCC)c(OC)c3)C23C(=O)NC(=O)NC3=O)cc1OC. The van der Waals surface area contributed by atoms with E-state index in [1.165, 1.54) is 14.2 Å². The predicted molar refractivity (Wildman–Crippen MR) is 130 cm³/mol. The zero-order valence-electron chi connectivity index (χ0n) is 20.8. The van der Waals surface area contributed by atoms with Gasteiger partial charge >= 0.3 is 12.1 Å². The van der Waals surface area contributed by atoms with Gasteiger partial charge in [-0.2, -0.15) is 0 Å². The minimum atomic E-state index is -2.02. The Kier molecular flexibility index (Phi) is 7.09. The number of barbiturate groups is 1. The molecule has 0 bridgehead atoms.